The summed E-state index contributed by atoms with van der Waals surface area (Å²) < 4.78 is 38.5. The minimum Gasteiger partial charge on any atom is -0.454 e. The first-order valence-electron chi connectivity index (χ1n) is 10.9. The molecule has 1 N–H and O–H groups in total. The van der Waals surface area contributed by atoms with Crippen LogP contribution >= 0.6 is 11.6 Å². The first-order chi connectivity index (χ1) is 16.8. The van der Waals surface area contributed by atoms with Crippen molar-refractivity contribution in [1.29, 1.82) is 0 Å². The van der Waals surface area contributed by atoms with Gasteiger partial charge in [-0.3, -0.25) is 4.79 Å². The Morgan fingerprint density at radius 1 is 1.03 bits per heavy atom. The molecule has 2 aromatic carbocycles. The van der Waals surface area contributed by atoms with E-state index in [2.05, 4.69) is 15.3 Å². The number of halogens is 1. The Morgan fingerprint density at radius 2 is 1.80 bits per heavy atom. The molecule has 35 heavy (non-hydrogen) atoms. The molecule has 2 aliphatic heterocycles. The molecule has 0 atom stereocenters. The zero-order valence-corrected chi connectivity index (χ0v) is 20.3. The number of aromatic nitrogens is 2. The Hall–Kier alpha value is -3.41. The third-order valence-corrected chi connectivity index (χ3v) is 7.93. The number of carbonyl (C=O) groups excluding carboxylic acids is 1. The lowest BCUT2D eigenvalue weighted by molar-refractivity contribution is -0.114. The van der Waals surface area contributed by atoms with Gasteiger partial charge in [-0.1, -0.05) is 11.6 Å². The number of sulfonamides is 1. The van der Waals surface area contributed by atoms with Gasteiger partial charge in [-0.25, -0.2) is 18.4 Å². The van der Waals surface area contributed by atoms with Crippen molar-refractivity contribution in [2.75, 3.05) is 43.2 Å². The lowest BCUT2D eigenvalue weighted by Crippen LogP contribution is -2.49. The van der Waals surface area contributed by atoms with Crippen LogP contribution in [-0.2, 0) is 14.8 Å². The molecule has 2 aliphatic rings. The quantitative estimate of drug-likeness (QED) is 0.551. The average Bonchev–Trinajstić information content (AvgIpc) is 3.33. The molecule has 0 saturated carbocycles. The van der Waals surface area contributed by atoms with Crippen LogP contribution < -0.4 is 19.7 Å². The van der Waals surface area contributed by atoms with Gasteiger partial charge in [0, 0.05) is 44.9 Å². The number of nitrogens with one attached hydrogen (secondary N) is 1. The minimum absolute atomic E-state index is 0.0751. The predicted octanol–water partition coefficient (Wildman–Crippen LogP) is 3.00. The number of nitrogens with zero attached hydrogens (tertiary/aromatic N) is 4. The van der Waals surface area contributed by atoms with Crippen LogP contribution in [0.25, 0.3) is 11.3 Å². The molecule has 5 rings (SSSR count). The Balaban J connectivity index is 1.29. The van der Waals surface area contributed by atoms with Crippen molar-refractivity contribution >= 4 is 39.2 Å². The summed E-state index contributed by atoms with van der Waals surface area (Å²) in [5, 5.41) is 2.73. The molecule has 12 heteroatoms. The van der Waals surface area contributed by atoms with Crippen LogP contribution in [-0.4, -0.2) is 61.6 Å². The molecule has 1 saturated heterocycles. The van der Waals surface area contributed by atoms with Crippen LogP contribution in [0.1, 0.15) is 6.92 Å². The van der Waals surface area contributed by atoms with Gasteiger partial charge in [0.15, 0.2) is 11.5 Å². The zero-order chi connectivity index (χ0) is 24.6. The number of fused-ring (bicyclic) bond motifs is 1. The van der Waals surface area contributed by atoms with Gasteiger partial charge in [-0.05, 0) is 42.5 Å². The minimum atomic E-state index is -3.75. The normalized spacial score (nSPS) is 15.8. The van der Waals surface area contributed by atoms with Gasteiger partial charge < -0.3 is 19.7 Å². The van der Waals surface area contributed by atoms with Gasteiger partial charge in [0.1, 0.15) is 0 Å². The zero-order valence-electron chi connectivity index (χ0n) is 18.8. The molecule has 1 fully saturated rings. The van der Waals surface area contributed by atoms with Crippen LogP contribution in [0.4, 0.5) is 11.6 Å². The van der Waals surface area contributed by atoms with Gasteiger partial charge in [0.05, 0.1) is 21.3 Å². The maximum atomic E-state index is 13.2. The summed E-state index contributed by atoms with van der Waals surface area (Å²) in [7, 11) is -3.75. The summed E-state index contributed by atoms with van der Waals surface area (Å²) >= 11 is 6.18. The standard InChI is InChI=1S/C23H22ClN5O5S/c1-15(30)26-20-4-3-17(13-18(20)24)35(31,32)29-10-8-28(9-11-29)23-25-7-6-19(27-23)16-2-5-21-22(12-16)34-14-33-21/h2-7,12-13H,8-11,14H2,1H3,(H,26,30). The Bertz CT molecular complexity index is 1390. The smallest absolute Gasteiger partial charge is 0.243 e. The lowest BCUT2D eigenvalue weighted by Gasteiger charge is -2.34. The van der Waals surface area contributed by atoms with Crippen molar-refractivity contribution < 1.29 is 22.7 Å². The highest BCUT2D eigenvalue weighted by molar-refractivity contribution is 7.89. The van der Waals surface area contributed by atoms with Crippen molar-refractivity contribution in [3.63, 3.8) is 0 Å². The molecule has 0 spiro atoms. The van der Waals surface area contributed by atoms with E-state index in [4.69, 9.17) is 21.1 Å². The van der Waals surface area contributed by atoms with E-state index in [9.17, 15) is 13.2 Å². The van der Waals surface area contributed by atoms with Crippen molar-refractivity contribution in [3.8, 4) is 22.8 Å². The molecule has 0 radical (unpaired) electrons. The summed E-state index contributed by atoms with van der Waals surface area (Å²) in [5.74, 6) is 1.61. The molecule has 0 bridgehead atoms. The van der Waals surface area contributed by atoms with Crippen molar-refractivity contribution in [1.82, 2.24) is 14.3 Å². The fraction of sp³-hybridized carbons (Fsp3) is 0.261. The number of benzene rings is 2. The number of hydrogen-bond donors (Lipinski definition) is 1. The molecular weight excluding hydrogens is 494 g/mol. The van der Waals surface area contributed by atoms with E-state index < -0.39 is 10.0 Å². The number of hydrogen-bond acceptors (Lipinski definition) is 8. The van der Waals surface area contributed by atoms with Crippen LogP contribution in [0.2, 0.25) is 5.02 Å². The Kier molecular flexibility index (Phi) is 6.22. The molecular formula is C23H22ClN5O5S. The highest BCUT2D eigenvalue weighted by Gasteiger charge is 2.30. The number of rotatable bonds is 5. The predicted molar refractivity (Wildman–Crippen MR) is 130 cm³/mol. The molecule has 3 aromatic rings. The first-order valence-corrected chi connectivity index (χ1v) is 12.7. The van der Waals surface area contributed by atoms with Gasteiger partial charge in [-0.2, -0.15) is 4.31 Å². The number of carbonyl (C=O) groups is 1. The van der Waals surface area contributed by atoms with E-state index in [0.29, 0.717) is 36.2 Å². The third kappa shape index (κ3) is 4.75. The second-order valence-electron chi connectivity index (χ2n) is 8.02. The first kappa shape index (κ1) is 23.3. The third-order valence-electron chi connectivity index (χ3n) is 5.72. The number of amides is 1. The van der Waals surface area contributed by atoms with E-state index in [1.165, 1.54) is 29.4 Å². The topological polar surface area (TPSA) is 114 Å². The molecule has 182 valence electrons. The van der Waals surface area contributed by atoms with Crippen LogP contribution in [0.15, 0.2) is 53.6 Å². The second-order valence-corrected chi connectivity index (χ2v) is 10.4. The second kappa shape index (κ2) is 9.33. The van der Waals surface area contributed by atoms with E-state index >= 15 is 0 Å². The molecule has 0 aliphatic carbocycles. The largest absolute Gasteiger partial charge is 0.454 e. The summed E-state index contributed by atoms with van der Waals surface area (Å²) in [5.41, 5.74) is 1.97. The summed E-state index contributed by atoms with van der Waals surface area (Å²) in [6, 6.07) is 11.7. The summed E-state index contributed by atoms with van der Waals surface area (Å²) in [4.78, 5) is 22.4. The van der Waals surface area contributed by atoms with E-state index in [0.717, 1.165) is 11.3 Å². The van der Waals surface area contributed by atoms with E-state index in [1.54, 1.807) is 6.20 Å². The van der Waals surface area contributed by atoms with Gasteiger partial charge in [0.2, 0.25) is 28.7 Å². The molecule has 1 amide bonds. The molecule has 1 aromatic heterocycles. The van der Waals surface area contributed by atoms with Crippen LogP contribution in [0.3, 0.4) is 0 Å². The molecule has 10 nitrogen and oxygen atoms in total. The van der Waals surface area contributed by atoms with E-state index in [-0.39, 0.29) is 35.7 Å². The van der Waals surface area contributed by atoms with Crippen molar-refractivity contribution in [3.05, 3.63) is 53.7 Å². The highest BCUT2D eigenvalue weighted by Crippen LogP contribution is 2.35. The Morgan fingerprint density at radius 3 is 2.54 bits per heavy atom. The maximum absolute atomic E-state index is 13.2. The summed E-state index contributed by atoms with van der Waals surface area (Å²) in [6.07, 6.45) is 1.68. The van der Waals surface area contributed by atoms with Crippen molar-refractivity contribution in [2.45, 2.75) is 11.8 Å². The van der Waals surface area contributed by atoms with Crippen LogP contribution in [0, 0.1) is 0 Å². The van der Waals surface area contributed by atoms with Crippen LogP contribution in [0.5, 0.6) is 11.5 Å². The van der Waals surface area contributed by atoms with Gasteiger partial charge in [0.25, 0.3) is 0 Å². The number of piperazine rings is 1. The monoisotopic (exact) mass is 515 g/mol. The van der Waals surface area contributed by atoms with Gasteiger partial charge in [-0.15, -0.1) is 0 Å². The fourth-order valence-corrected chi connectivity index (χ4v) is 5.68. The molecule has 3 heterocycles. The van der Waals surface area contributed by atoms with E-state index in [1.807, 2.05) is 29.2 Å². The number of anilines is 2. The fourth-order valence-electron chi connectivity index (χ4n) is 3.94. The lowest BCUT2D eigenvalue weighted by atomic mass is 10.1. The molecule has 0 unspecified atom stereocenters. The average molecular weight is 516 g/mol. The summed E-state index contributed by atoms with van der Waals surface area (Å²) in [6.45, 7) is 2.96. The van der Waals surface area contributed by atoms with Gasteiger partial charge >= 0.3 is 0 Å². The van der Waals surface area contributed by atoms with Crippen molar-refractivity contribution in [2.24, 2.45) is 0 Å². The SMILES string of the molecule is CC(=O)Nc1ccc(S(=O)(=O)N2CCN(c3nccc(-c4ccc5c(c4)OCO5)n3)CC2)cc1Cl. The number of ether oxygens (including phenoxy) is 2. The Labute approximate surface area is 207 Å². The maximum Gasteiger partial charge on any atom is 0.243 e. The highest BCUT2D eigenvalue weighted by atomic mass is 35.5.